The van der Waals surface area contributed by atoms with E-state index in [0.29, 0.717) is 12.4 Å². The third kappa shape index (κ3) is 4.17. The SMILES string of the molecule is CCN(C(=O)c1nc2ccccc2[nH]1)[C@H]1CCCC(C)(NCc2cc3ccccc3s2)C1. The first-order valence-electron chi connectivity index (χ1n) is 11.5. The summed E-state index contributed by atoms with van der Waals surface area (Å²) in [5, 5.41) is 5.15. The van der Waals surface area contributed by atoms with Crippen LogP contribution in [0.4, 0.5) is 0 Å². The lowest BCUT2D eigenvalue weighted by Gasteiger charge is -2.43. The van der Waals surface area contributed by atoms with E-state index in [0.717, 1.165) is 43.3 Å². The minimum atomic E-state index is 0.00227. The molecule has 5 rings (SSSR count). The summed E-state index contributed by atoms with van der Waals surface area (Å²) >= 11 is 1.86. The number of thiophene rings is 1. The van der Waals surface area contributed by atoms with Crippen LogP contribution >= 0.6 is 11.3 Å². The summed E-state index contributed by atoms with van der Waals surface area (Å²) in [6.45, 7) is 5.93. The molecule has 32 heavy (non-hydrogen) atoms. The molecule has 166 valence electrons. The molecular formula is C26H30N4OS. The Hall–Kier alpha value is -2.70. The molecule has 1 saturated carbocycles. The number of carbonyl (C=O) groups is 1. The number of amides is 1. The van der Waals surface area contributed by atoms with Crippen molar-refractivity contribution < 1.29 is 4.79 Å². The number of aromatic nitrogens is 2. The van der Waals surface area contributed by atoms with Crippen molar-refractivity contribution >= 4 is 38.4 Å². The van der Waals surface area contributed by atoms with Crippen LogP contribution in [0.15, 0.2) is 54.6 Å². The van der Waals surface area contributed by atoms with Gasteiger partial charge in [0, 0.05) is 34.2 Å². The van der Waals surface area contributed by atoms with E-state index in [1.165, 1.54) is 15.0 Å². The van der Waals surface area contributed by atoms with Crippen molar-refractivity contribution in [2.24, 2.45) is 0 Å². The van der Waals surface area contributed by atoms with Crippen molar-refractivity contribution in [3.8, 4) is 0 Å². The molecule has 6 heteroatoms. The zero-order valence-electron chi connectivity index (χ0n) is 18.7. The number of carbonyl (C=O) groups excluding carboxylic acids is 1. The van der Waals surface area contributed by atoms with Crippen LogP contribution in [0.2, 0.25) is 0 Å². The first-order valence-corrected chi connectivity index (χ1v) is 12.3. The molecule has 2 atom stereocenters. The molecule has 1 amide bonds. The van der Waals surface area contributed by atoms with Crippen molar-refractivity contribution in [2.45, 2.75) is 57.7 Å². The Kier molecular flexibility index (Phi) is 5.74. The van der Waals surface area contributed by atoms with E-state index >= 15 is 0 Å². The Morgan fingerprint density at radius 2 is 2.06 bits per heavy atom. The minimum absolute atomic E-state index is 0.00227. The van der Waals surface area contributed by atoms with Crippen molar-refractivity contribution in [3.05, 3.63) is 65.3 Å². The molecular weight excluding hydrogens is 416 g/mol. The zero-order valence-corrected chi connectivity index (χ0v) is 19.5. The van der Waals surface area contributed by atoms with Crippen LogP contribution in [-0.2, 0) is 6.54 Å². The van der Waals surface area contributed by atoms with Crippen LogP contribution in [0.5, 0.6) is 0 Å². The summed E-state index contributed by atoms with van der Waals surface area (Å²) in [5.41, 5.74) is 1.76. The number of nitrogens with one attached hydrogen (secondary N) is 2. The maximum Gasteiger partial charge on any atom is 0.289 e. The molecule has 0 spiro atoms. The van der Waals surface area contributed by atoms with E-state index in [-0.39, 0.29) is 17.5 Å². The van der Waals surface area contributed by atoms with Gasteiger partial charge < -0.3 is 15.2 Å². The molecule has 2 N–H and O–H groups in total. The van der Waals surface area contributed by atoms with E-state index in [1.807, 2.05) is 40.5 Å². The van der Waals surface area contributed by atoms with Crippen LogP contribution < -0.4 is 5.32 Å². The lowest BCUT2D eigenvalue weighted by atomic mass is 9.79. The third-order valence-corrected chi connectivity index (χ3v) is 7.87. The van der Waals surface area contributed by atoms with Crippen LogP contribution in [0.25, 0.3) is 21.1 Å². The number of aromatic amines is 1. The number of para-hydroxylation sites is 2. The first kappa shape index (κ1) is 21.2. The first-order chi connectivity index (χ1) is 15.5. The van der Waals surface area contributed by atoms with Crippen molar-refractivity contribution in [1.29, 1.82) is 0 Å². The average Bonchev–Trinajstić information content (AvgIpc) is 3.42. The van der Waals surface area contributed by atoms with Gasteiger partial charge in [-0.25, -0.2) is 4.98 Å². The fourth-order valence-corrected chi connectivity index (χ4v) is 6.06. The Morgan fingerprint density at radius 3 is 2.88 bits per heavy atom. The highest BCUT2D eigenvalue weighted by Crippen LogP contribution is 2.33. The van der Waals surface area contributed by atoms with Gasteiger partial charge in [-0.05, 0) is 69.2 Å². The molecule has 4 aromatic rings. The van der Waals surface area contributed by atoms with Gasteiger partial charge in [0.15, 0.2) is 5.82 Å². The predicted molar refractivity (Wildman–Crippen MR) is 132 cm³/mol. The molecule has 0 aliphatic heterocycles. The summed E-state index contributed by atoms with van der Waals surface area (Å²) in [6.07, 6.45) is 4.24. The zero-order chi connectivity index (χ0) is 22.1. The van der Waals surface area contributed by atoms with E-state index in [1.54, 1.807) is 0 Å². The number of fused-ring (bicyclic) bond motifs is 2. The highest BCUT2D eigenvalue weighted by Gasteiger charge is 2.36. The van der Waals surface area contributed by atoms with Crippen LogP contribution in [0.3, 0.4) is 0 Å². The number of hydrogen-bond acceptors (Lipinski definition) is 4. The molecule has 2 heterocycles. The standard InChI is InChI=1S/C26H30N4OS/c1-3-30(25(31)24-28-21-11-5-6-12-22(21)29-24)19-10-8-14-26(2,16-19)27-17-20-15-18-9-4-7-13-23(18)32-20/h4-7,9,11-13,15,19,27H,3,8,10,14,16-17H2,1-2H3,(H,28,29)/t19-,26?/m0/s1. The number of rotatable bonds is 6. The van der Waals surface area contributed by atoms with Gasteiger partial charge in [-0.15, -0.1) is 11.3 Å². The van der Waals surface area contributed by atoms with Crippen molar-refractivity contribution in [3.63, 3.8) is 0 Å². The fourth-order valence-electron chi connectivity index (χ4n) is 5.06. The fraction of sp³-hybridized carbons (Fsp3) is 0.385. The summed E-state index contributed by atoms with van der Waals surface area (Å²) in [6, 6.07) is 18.9. The van der Waals surface area contributed by atoms with Crippen LogP contribution in [0, 0.1) is 0 Å². The van der Waals surface area contributed by atoms with Crippen LogP contribution in [0.1, 0.15) is 55.0 Å². The Balaban J connectivity index is 1.29. The van der Waals surface area contributed by atoms with Gasteiger partial charge in [0.1, 0.15) is 0 Å². The van der Waals surface area contributed by atoms with E-state index in [4.69, 9.17) is 0 Å². The van der Waals surface area contributed by atoms with Gasteiger partial charge in [0.25, 0.3) is 5.91 Å². The number of nitrogens with zero attached hydrogens (tertiary/aromatic N) is 2. The number of benzene rings is 2. The molecule has 5 nitrogen and oxygen atoms in total. The van der Waals surface area contributed by atoms with Gasteiger partial charge in [-0.1, -0.05) is 30.3 Å². The molecule has 1 aliphatic carbocycles. The monoisotopic (exact) mass is 446 g/mol. The van der Waals surface area contributed by atoms with Gasteiger partial charge in [-0.2, -0.15) is 0 Å². The van der Waals surface area contributed by atoms with E-state index in [9.17, 15) is 4.79 Å². The van der Waals surface area contributed by atoms with Gasteiger partial charge in [-0.3, -0.25) is 4.79 Å². The molecule has 2 aromatic carbocycles. The molecule has 0 radical (unpaired) electrons. The highest BCUT2D eigenvalue weighted by atomic mass is 32.1. The summed E-state index contributed by atoms with van der Waals surface area (Å²) < 4.78 is 1.34. The molecule has 0 saturated heterocycles. The number of H-pyrrole nitrogens is 1. The Morgan fingerprint density at radius 1 is 1.25 bits per heavy atom. The maximum atomic E-state index is 13.3. The molecule has 0 bridgehead atoms. The highest BCUT2D eigenvalue weighted by molar-refractivity contribution is 7.19. The number of imidazole rings is 1. The summed E-state index contributed by atoms with van der Waals surface area (Å²) in [4.78, 5) is 24.5. The minimum Gasteiger partial charge on any atom is -0.334 e. The number of hydrogen-bond donors (Lipinski definition) is 2. The largest absolute Gasteiger partial charge is 0.334 e. The van der Waals surface area contributed by atoms with E-state index in [2.05, 4.69) is 59.5 Å². The summed E-state index contributed by atoms with van der Waals surface area (Å²) in [7, 11) is 0. The van der Waals surface area contributed by atoms with E-state index < -0.39 is 0 Å². The second-order valence-corrected chi connectivity index (χ2v) is 10.3. The molecule has 1 aliphatic rings. The average molecular weight is 447 g/mol. The smallest absolute Gasteiger partial charge is 0.289 e. The third-order valence-electron chi connectivity index (χ3n) is 6.75. The van der Waals surface area contributed by atoms with Gasteiger partial charge >= 0.3 is 0 Å². The predicted octanol–water partition coefficient (Wildman–Crippen LogP) is 5.73. The van der Waals surface area contributed by atoms with Crippen molar-refractivity contribution in [1.82, 2.24) is 20.2 Å². The lowest BCUT2D eigenvalue weighted by molar-refractivity contribution is 0.0565. The molecule has 1 fully saturated rings. The van der Waals surface area contributed by atoms with Crippen molar-refractivity contribution in [2.75, 3.05) is 6.54 Å². The quantitative estimate of drug-likeness (QED) is 0.398. The molecule has 2 aromatic heterocycles. The second-order valence-electron chi connectivity index (χ2n) is 9.11. The van der Waals surface area contributed by atoms with Crippen LogP contribution in [-0.4, -0.2) is 38.9 Å². The summed E-state index contributed by atoms with van der Waals surface area (Å²) in [5.74, 6) is 0.445. The maximum absolute atomic E-state index is 13.3. The molecule has 1 unspecified atom stereocenters. The Labute approximate surface area is 192 Å². The Bertz CT molecular complexity index is 1180. The second kappa shape index (κ2) is 8.68. The normalized spacial score (nSPS) is 21.2. The van der Waals surface area contributed by atoms with Gasteiger partial charge in [0.2, 0.25) is 0 Å². The lowest BCUT2D eigenvalue weighted by Crippen LogP contribution is -2.52. The topological polar surface area (TPSA) is 61.0 Å². The van der Waals surface area contributed by atoms with Gasteiger partial charge in [0.05, 0.1) is 11.0 Å².